The number of carbonyl (C=O) groups is 2. The minimum Gasteiger partial charge on any atom is -0.478 e. The van der Waals surface area contributed by atoms with Gasteiger partial charge in [-0.2, -0.15) is 5.10 Å². The second-order valence-corrected chi connectivity index (χ2v) is 12.1. The van der Waals surface area contributed by atoms with Gasteiger partial charge in [0.1, 0.15) is 18.0 Å². The number of carboxylic acid groups (broad SMARTS) is 1. The quantitative estimate of drug-likeness (QED) is 0.297. The van der Waals surface area contributed by atoms with E-state index in [9.17, 15) is 14.7 Å². The lowest BCUT2D eigenvalue weighted by Crippen LogP contribution is -2.54. The van der Waals surface area contributed by atoms with Crippen molar-refractivity contribution in [2.75, 3.05) is 18.5 Å². The molecular weight excluding hydrogens is 570 g/mol. The van der Waals surface area contributed by atoms with Gasteiger partial charge in [-0.25, -0.2) is 13.9 Å². The van der Waals surface area contributed by atoms with Crippen molar-refractivity contribution in [1.82, 2.24) is 14.7 Å². The number of benzene rings is 3. The van der Waals surface area contributed by atoms with Crippen molar-refractivity contribution in [2.45, 2.75) is 37.4 Å². The Morgan fingerprint density at radius 1 is 1.22 bits per heavy atom. The van der Waals surface area contributed by atoms with Crippen LogP contribution >= 0.6 is 23.2 Å². The molecule has 0 bridgehead atoms. The largest absolute Gasteiger partial charge is 0.478 e. The molecule has 0 aliphatic carbocycles. The van der Waals surface area contributed by atoms with E-state index in [2.05, 4.69) is 24.1 Å². The third-order valence-corrected chi connectivity index (χ3v) is 9.00. The minimum atomic E-state index is -1.33. The number of ether oxygens (including phenoxy) is 1. The number of fused-ring (bicyclic) bond motifs is 7. The zero-order chi connectivity index (χ0) is 28.8. The monoisotopic (exact) mass is 594 g/mol. The van der Waals surface area contributed by atoms with Crippen LogP contribution in [0.25, 0.3) is 10.9 Å². The predicted molar refractivity (Wildman–Crippen MR) is 152 cm³/mol. The van der Waals surface area contributed by atoms with Gasteiger partial charge in [0, 0.05) is 28.7 Å². The Morgan fingerprint density at radius 2 is 2.02 bits per heavy atom. The Balaban J connectivity index is 1.55. The second kappa shape index (κ2) is 9.17. The molecule has 2 N–H and O–H groups in total. The second-order valence-electron chi connectivity index (χ2n) is 11.2. The molecule has 210 valence electrons. The number of carbonyl (C=O) groups excluding carboxylic acids is 1. The lowest BCUT2D eigenvalue weighted by Gasteiger charge is -2.40. The summed E-state index contributed by atoms with van der Waals surface area (Å²) in [4.78, 5) is 28.2. The number of amides is 1. The van der Waals surface area contributed by atoms with Gasteiger partial charge in [-0.05, 0) is 47.9 Å². The highest BCUT2D eigenvalue weighted by Gasteiger charge is 2.69. The third-order valence-electron chi connectivity index (χ3n) is 8.48. The van der Waals surface area contributed by atoms with Crippen molar-refractivity contribution in [2.24, 2.45) is 5.92 Å². The van der Waals surface area contributed by atoms with E-state index in [0.29, 0.717) is 39.6 Å². The van der Waals surface area contributed by atoms with E-state index in [1.54, 1.807) is 35.0 Å². The average Bonchev–Trinajstić information content (AvgIpc) is 3.53. The Kier molecular flexibility index (Phi) is 5.87. The summed E-state index contributed by atoms with van der Waals surface area (Å²) in [6, 6.07) is 13.8. The summed E-state index contributed by atoms with van der Waals surface area (Å²) in [7, 11) is 0. The SMILES string of the molecule is CC(C)CN1[C@@H]2COc3c4ccc(C(=O)O)cc4nn3[C@@H]2[C@@H](c2cccc(Cl)c2F)[C@@]12C(=O)Nc1cc(Cl)ccc12. The lowest BCUT2D eigenvalue weighted by atomic mass is 9.73. The third kappa shape index (κ3) is 3.58. The number of carboxylic acids is 1. The van der Waals surface area contributed by atoms with Crippen LogP contribution in [0, 0.1) is 11.7 Å². The van der Waals surface area contributed by atoms with Crippen LogP contribution in [-0.2, 0) is 10.3 Å². The molecule has 3 aromatic carbocycles. The molecule has 0 saturated carbocycles. The number of halogens is 3. The Morgan fingerprint density at radius 3 is 2.78 bits per heavy atom. The summed E-state index contributed by atoms with van der Waals surface area (Å²) in [5, 5.41) is 18.5. The van der Waals surface area contributed by atoms with E-state index in [0.717, 1.165) is 0 Å². The first-order valence-electron chi connectivity index (χ1n) is 13.3. The minimum absolute atomic E-state index is 0.0461. The van der Waals surface area contributed by atoms with Crippen molar-refractivity contribution < 1.29 is 23.8 Å². The van der Waals surface area contributed by atoms with E-state index in [1.165, 1.54) is 18.2 Å². The Bertz CT molecular complexity index is 1770. The van der Waals surface area contributed by atoms with E-state index < -0.39 is 29.3 Å². The van der Waals surface area contributed by atoms with E-state index in [-0.39, 0.29) is 40.6 Å². The molecule has 3 aliphatic rings. The fraction of sp³-hybridized carbons (Fsp3) is 0.300. The maximum atomic E-state index is 16.1. The van der Waals surface area contributed by atoms with Gasteiger partial charge in [-0.15, -0.1) is 0 Å². The maximum Gasteiger partial charge on any atom is 0.335 e. The molecular formula is C30H25Cl2FN4O4. The molecule has 1 fully saturated rings. The Hall–Kier alpha value is -3.66. The number of aromatic nitrogens is 2. The molecule has 1 spiro atoms. The van der Waals surface area contributed by atoms with Crippen molar-refractivity contribution in [3.63, 3.8) is 0 Å². The fourth-order valence-electron chi connectivity index (χ4n) is 7.04. The van der Waals surface area contributed by atoms with Gasteiger partial charge in [-0.3, -0.25) is 9.69 Å². The average molecular weight is 595 g/mol. The first-order valence-corrected chi connectivity index (χ1v) is 14.1. The van der Waals surface area contributed by atoms with Gasteiger partial charge in [0.05, 0.1) is 33.6 Å². The van der Waals surface area contributed by atoms with Crippen LogP contribution in [0.15, 0.2) is 54.6 Å². The molecule has 4 heterocycles. The van der Waals surface area contributed by atoms with Crippen LogP contribution in [0.2, 0.25) is 10.0 Å². The molecule has 0 unspecified atom stereocenters. The normalized spacial score (nSPS) is 24.8. The molecule has 11 heteroatoms. The van der Waals surface area contributed by atoms with Gasteiger partial charge in [0.2, 0.25) is 11.8 Å². The van der Waals surface area contributed by atoms with Crippen LogP contribution in [-0.4, -0.2) is 50.9 Å². The summed E-state index contributed by atoms with van der Waals surface area (Å²) in [6.45, 7) is 4.86. The Labute approximate surface area is 244 Å². The van der Waals surface area contributed by atoms with Crippen LogP contribution in [0.5, 0.6) is 5.88 Å². The number of rotatable bonds is 4. The van der Waals surface area contributed by atoms with Crippen molar-refractivity contribution in [3.8, 4) is 5.88 Å². The highest BCUT2D eigenvalue weighted by atomic mass is 35.5. The molecule has 4 aromatic rings. The molecule has 8 nitrogen and oxygen atoms in total. The first kappa shape index (κ1) is 26.3. The molecule has 1 amide bonds. The highest BCUT2D eigenvalue weighted by molar-refractivity contribution is 6.31. The highest BCUT2D eigenvalue weighted by Crippen LogP contribution is 2.63. The van der Waals surface area contributed by atoms with Gasteiger partial charge in [0.15, 0.2) is 0 Å². The number of hydrogen-bond donors (Lipinski definition) is 2. The van der Waals surface area contributed by atoms with Crippen molar-refractivity contribution >= 4 is 51.7 Å². The summed E-state index contributed by atoms with van der Waals surface area (Å²) in [5.41, 5.74) is 0.742. The lowest BCUT2D eigenvalue weighted by molar-refractivity contribution is -0.128. The van der Waals surface area contributed by atoms with Crippen LogP contribution < -0.4 is 10.1 Å². The predicted octanol–water partition coefficient (Wildman–Crippen LogP) is 6.09. The molecule has 1 aromatic heterocycles. The topological polar surface area (TPSA) is 96.7 Å². The van der Waals surface area contributed by atoms with Crippen LogP contribution in [0.1, 0.15) is 47.3 Å². The summed E-state index contributed by atoms with van der Waals surface area (Å²) >= 11 is 12.7. The smallest absolute Gasteiger partial charge is 0.335 e. The first-order chi connectivity index (χ1) is 19.6. The van der Waals surface area contributed by atoms with Gasteiger partial charge >= 0.3 is 5.97 Å². The number of likely N-dealkylation sites (tertiary alicyclic amines) is 1. The molecule has 0 radical (unpaired) electrons. The zero-order valence-electron chi connectivity index (χ0n) is 22.1. The summed E-state index contributed by atoms with van der Waals surface area (Å²) in [5.74, 6) is -2.14. The molecule has 1 saturated heterocycles. The standard InChI is InChI=1S/C30H25Cl2FN4O4/c1-14(2)12-36-23-13-41-27-17-8-6-15(28(38)39)10-21(17)35-37(27)26(23)24(18-4-3-5-20(32)25(18)33)30(36)19-9-7-16(31)11-22(19)34-29(30)40/h3-11,14,23-24,26H,12-13H2,1-2H3,(H,34,40)(H,38,39)/t23-,24-,26+,30+/m1/s1. The number of nitrogens with one attached hydrogen (secondary N) is 1. The summed E-state index contributed by atoms with van der Waals surface area (Å²) in [6.07, 6.45) is 0. The summed E-state index contributed by atoms with van der Waals surface area (Å²) < 4.78 is 24.1. The molecule has 41 heavy (non-hydrogen) atoms. The van der Waals surface area contributed by atoms with Crippen LogP contribution in [0.4, 0.5) is 10.1 Å². The van der Waals surface area contributed by atoms with Gasteiger partial charge in [0.25, 0.3) is 0 Å². The molecule has 3 aliphatic heterocycles. The number of hydrogen-bond acceptors (Lipinski definition) is 5. The van der Waals surface area contributed by atoms with E-state index in [1.807, 2.05) is 6.07 Å². The molecule has 7 rings (SSSR count). The van der Waals surface area contributed by atoms with E-state index in [4.69, 9.17) is 33.0 Å². The van der Waals surface area contributed by atoms with Crippen molar-refractivity contribution in [3.05, 3.63) is 87.2 Å². The number of nitrogens with zero attached hydrogens (tertiary/aromatic N) is 3. The fourth-order valence-corrected chi connectivity index (χ4v) is 7.39. The van der Waals surface area contributed by atoms with Gasteiger partial charge in [-0.1, -0.05) is 55.2 Å². The number of aromatic carboxylic acids is 1. The molecule has 4 atom stereocenters. The van der Waals surface area contributed by atoms with Crippen LogP contribution in [0.3, 0.4) is 0 Å². The van der Waals surface area contributed by atoms with Crippen molar-refractivity contribution in [1.29, 1.82) is 0 Å². The number of anilines is 1. The van der Waals surface area contributed by atoms with Gasteiger partial charge < -0.3 is 15.2 Å². The zero-order valence-corrected chi connectivity index (χ0v) is 23.6. The van der Waals surface area contributed by atoms with E-state index >= 15 is 4.39 Å². The maximum absolute atomic E-state index is 16.1.